The summed E-state index contributed by atoms with van der Waals surface area (Å²) < 4.78 is 22.2. The zero-order valence-electron chi connectivity index (χ0n) is 6.82. The molecule has 12 heavy (non-hydrogen) atoms. The lowest BCUT2D eigenvalue weighted by Crippen LogP contribution is -2.40. The molecule has 0 radical (unpaired) electrons. The van der Waals surface area contributed by atoms with Gasteiger partial charge in [0, 0.05) is 6.26 Å². The minimum Gasteiger partial charge on any atom is -0.374 e. The molecular weight excluding hydrogens is 178 g/mol. The molecule has 0 aliphatic heterocycles. The fourth-order valence-electron chi connectivity index (χ4n) is 1.65. The Kier molecular flexibility index (Phi) is 2.15. The lowest BCUT2D eigenvalue weighted by atomic mass is 10.1. The van der Waals surface area contributed by atoms with Crippen LogP contribution in [0.4, 0.5) is 0 Å². The second-order valence-electron chi connectivity index (χ2n) is 3.25. The first-order valence-electron chi connectivity index (χ1n) is 3.72. The number of aliphatic hydroxyl groups is 1. The van der Waals surface area contributed by atoms with E-state index in [1.165, 1.54) is 0 Å². The highest BCUT2D eigenvalue weighted by Gasteiger charge is 2.47. The summed E-state index contributed by atoms with van der Waals surface area (Å²) in [4.78, 5) is 0. The van der Waals surface area contributed by atoms with Crippen molar-refractivity contribution in [3.8, 4) is 6.07 Å². The van der Waals surface area contributed by atoms with Gasteiger partial charge in [-0.05, 0) is 19.3 Å². The van der Waals surface area contributed by atoms with Crippen molar-refractivity contribution in [2.24, 2.45) is 0 Å². The maximum Gasteiger partial charge on any atom is 0.167 e. The van der Waals surface area contributed by atoms with Crippen LogP contribution < -0.4 is 0 Å². The van der Waals surface area contributed by atoms with Crippen LogP contribution in [0, 0.1) is 11.3 Å². The molecule has 1 aliphatic carbocycles. The van der Waals surface area contributed by atoms with Crippen molar-refractivity contribution in [1.82, 2.24) is 0 Å². The van der Waals surface area contributed by atoms with Gasteiger partial charge in [-0.25, -0.2) is 8.42 Å². The number of nitrogens with zero attached hydrogens (tertiary/aromatic N) is 1. The fourth-order valence-corrected chi connectivity index (χ4v) is 3.13. The fraction of sp³-hybridized carbons (Fsp3) is 0.857. The highest BCUT2D eigenvalue weighted by Crippen LogP contribution is 2.33. The molecule has 0 saturated heterocycles. The predicted molar refractivity (Wildman–Crippen MR) is 43.0 cm³/mol. The molecule has 0 aromatic heterocycles. The highest BCUT2D eigenvalue weighted by molar-refractivity contribution is 7.91. The van der Waals surface area contributed by atoms with E-state index in [0.717, 1.165) is 6.26 Å². The van der Waals surface area contributed by atoms with Crippen LogP contribution in [0.3, 0.4) is 0 Å². The van der Waals surface area contributed by atoms with Crippen LogP contribution in [-0.4, -0.2) is 30.6 Å². The maximum atomic E-state index is 11.1. The molecule has 2 unspecified atom stereocenters. The monoisotopic (exact) mass is 189 g/mol. The van der Waals surface area contributed by atoms with Gasteiger partial charge in [-0.15, -0.1) is 0 Å². The molecule has 68 valence electrons. The lowest BCUT2D eigenvalue weighted by Gasteiger charge is -2.20. The number of hydrogen-bond donors (Lipinski definition) is 1. The zero-order chi connectivity index (χ0) is 9.41. The van der Waals surface area contributed by atoms with E-state index < -0.39 is 20.7 Å². The average molecular weight is 189 g/mol. The zero-order valence-corrected chi connectivity index (χ0v) is 7.63. The molecule has 0 heterocycles. The van der Waals surface area contributed by atoms with E-state index >= 15 is 0 Å². The smallest absolute Gasteiger partial charge is 0.167 e. The molecule has 2 atom stereocenters. The van der Waals surface area contributed by atoms with Crippen molar-refractivity contribution in [1.29, 1.82) is 5.26 Å². The van der Waals surface area contributed by atoms with Crippen molar-refractivity contribution in [3.05, 3.63) is 0 Å². The van der Waals surface area contributed by atoms with Gasteiger partial charge in [0.25, 0.3) is 0 Å². The number of nitriles is 1. The molecule has 0 bridgehead atoms. The molecular formula is C7H11NO3S. The van der Waals surface area contributed by atoms with Crippen LogP contribution >= 0.6 is 0 Å². The SMILES string of the molecule is CS(=O)(=O)C1CCCC1(O)C#N. The molecule has 0 spiro atoms. The summed E-state index contributed by atoms with van der Waals surface area (Å²) in [6, 6.07) is 1.67. The van der Waals surface area contributed by atoms with Gasteiger partial charge in [0.15, 0.2) is 15.4 Å². The summed E-state index contributed by atoms with van der Waals surface area (Å²) in [5, 5.41) is 17.3. The van der Waals surface area contributed by atoms with Gasteiger partial charge in [-0.3, -0.25) is 0 Å². The van der Waals surface area contributed by atoms with Gasteiger partial charge in [0.1, 0.15) is 5.25 Å². The van der Waals surface area contributed by atoms with E-state index in [1.54, 1.807) is 6.07 Å². The van der Waals surface area contributed by atoms with E-state index in [9.17, 15) is 13.5 Å². The molecule has 1 saturated carbocycles. The first-order valence-corrected chi connectivity index (χ1v) is 5.68. The quantitative estimate of drug-likeness (QED) is 0.581. The Bertz CT molecular complexity index is 316. The Morgan fingerprint density at radius 3 is 2.58 bits per heavy atom. The molecule has 1 fully saturated rings. The van der Waals surface area contributed by atoms with Crippen molar-refractivity contribution >= 4 is 9.84 Å². The Morgan fingerprint density at radius 2 is 2.25 bits per heavy atom. The molecule has 4 nitrogen and oxygen atoms in total. The Morgan fingerprint density at radius 1 is 1.67 bits per heavy atom. The second-order valence-corrected chi connectivity index (χ2v) is 5.47. The van der Waals surface area contributed by atoms with Crippen molar-refractivity contribution in [2.45, 2.75) is 30.1 Å². The summed E-state index contributed by atoms with van der Waals surface area (Å²) in [7, 11) is -3.29. The summed E-state index contributed by atoms with van der Waals surface area (Å²) >= 11 is 0. The van der Waals surface area contributed by atoms with Crippen molar-refractivity contribution in [2.75, 3.05) is 6.26 Å². The molecule has 0 aromatic rings. The van der Waals surface area contributed by atoms with Gasteiger partial charge < -0.3 is 5.11 Å². The van der Waals surface area contributed by atoms with Crippen LogP contribution in [0.2, 0.25) is 0 Å². The largest absolute Gasteiger partial charge is 0.374 e. The van der Waals surface area contributed by atoms with Gasteiger partial charge in [-0.2, -0.15) is 5.26 Å². The molecule has 1 rings (SSSR count). The molecule has 0 amide bonds. The average Bonchev–Trinajstić information content (AvgIpc) is 2.31. The number of hydrogen-bond acceptors (Lipinski definition) is 4. The van der Waals surface area contributed by atoms with E-state index in [1.807, 2.05) is 0 Å². The summed E-state index contributed by atoms with van der Waals surface area (Å²) in [5.41, 5.74) is -1.65. The van der Waals surface area contributed by atoms with E-state index in [-0.39, 0.29) is 6.42 Å². The lowest BCUT2D eigenvalue weighted by molar-refractivity contribution is 0.110. The van der Waals surface area contributed by atoms with Crippen LogP contribution in [0.1, 0.15) is 19.3 Å². The van der Waals surface area contributed by atoms with Gasteiger partial charge in [0.2, 0.25) is 0 Å². The minimum atomic E-state index is -3.29. The van der Waals surface area contributed by atoms with Gasteiger partial charge >= 0.3 is 0 Å². The van der Waals surface area contributed by atoms with Gasteiger partial charge in [0.05, 0.1) is 6.07 Å². The van der Waals surface area contributed by atoms with E-state index in [0.29, 0.717) is 12.8 Å². The highest BCUT2D eigenvalue weighted by atomic mass is 32.2. The molecule has 1 N–H and O–H groups in total. The Balaban J connectivity index is 3.02. The normalized spacial score (nSPS) is 36.2. The third-order valence-electron chi connectivity index (χ3n) is 2.27. The summed E-state index contributed by atoms with van der Waals surface area (Å²) in [6.45, 7) is 0. The summed E-state index contributed by atoms with van der Waals surface area (Å²) in [6.07, 6.45) is 2.32. The predicted octanol–water partition coefficient (Wildman–Crippen LogP) is -0.162. The standard InChI is InChI=1S/C7H11NO3S/c1-12(10,11)6-3-2-4-7(6,9)5-8/h6,9H,2-4H2,1H3. The third kappa shape index (κ3) is 1.45. The maximum absolute atomic E-state index is 11.1. The third-order valence-corrected chi connectivity index (χ3v) is 3.93. The van der Waals surface area contributed by atoms with Crippen LogP contribution in [-0.2, 0) is 9.84 Å². The summed E-state index contributed by atoms with van der Waals surface area (Å²) in [5.74, 6) is 0. The Hall–Kier alpha value is -0.600. The van der Waals surface area contributed by atoms with Crippen LogP contribution in [0.15, 0.2) is 0 Å². The van der Waals surface area contributed by atoms with E-state index in [4.69, 9.17) is 5.26 Å². The molecule has 0 aromatic carbocycles. The first-order chi connectivity index (χ1) is 5.40. The first kappa shape index (κ1) is 9.49. The number of sulfone groups is 1. The van der Waals surface area contributed by atoms with E-state index in [2.05, 4.69) is 0 Å². The van der Waals surface area contributed by atoms with Crippen molar-refractivity contribution in [3.63, 3.8) is 0 Å². The van der Waals surface area contributed by atoms with Crippen LogP contribution in [0.25, 0.3) is 0 Å². The van der Waals surface area contributed by atoms with Gasteiger partial charge in [-0.1, -0.05) is 0 Å². The number of rotatable bonds is 1. The minimum absolute atomic E-state index is 0.265. The second kappa shape index (κ2) is 2.71. The molecule has 5 heteroatoms. The topological polar surface area (TPSA) is 78.2 Å². The van der Waals surface area contributed by atoms with Crippen molar-refractivity contribution < 1.29 is 13.5 Å². The molecule has 1 aliphatic rings. The van der Waals surface area contributed by atoms with Crippen LogP contribution in [0.5, 0.6) is 0 Å². The Labute approximate surface area is 71.7 Å².